The highest BCUT2D eigenvalue weighted by Gasteiger charge is 2.29. The second kappa shape index (κ2) is 6.55. The van der Waals surface area contributed by atoms with Gasteiger partial charge in [0.2, 0.25) is 5.91 Å². The first-order chi connectivity index (χ1) is 10.0. The molecule has 1 aromatic carbocycles. The number of carbonyl (C=O) groups is 2. The molecule has 1 aromatic rings. The summed E-state index contributed by atoms with van der Waals surface area (Å²) in [7, 11) is 3.06. The van der Waals surface area contributed by atoms with Gasteiger partial charge in [-0.3, -0.25) is 4.79 Å². The second-order valence-electron chi connectivity index (χ2n) is 4.76. The fourth-order valence-electron chi connectivity index (χ4n) is 2.24. The quantitative estimate of drug-likeness (QED) is 0.740. The van der Waals surface area contributed by atoms with E-state index in [2.05, 4.69) is 10.6 Å². The van der Waals surface area contributed by atoms with Crippen molar-refractivity contribution in [3.05, 3.63) is 23.8 Å². The number of carboxylic acids is 1. The number of hydrogen-bond donors (Lipinski definition) is 3. The van der Waals surface area contributed by atoms with E-state index in [1.54, 1.807) is 7.11 Å². The van der Waals surface area contributed by atoms with Crippen molar-refractivity contribution in [2.45, 2.75) is 18.6 Å². The molecule has 0 radical (unpaired) electrons. The van der Waals surface area contributed by atoms with E-state index in [-0.39, 0.29) is 23.6 Å². The molecule has 114 valence electrons. The fraction of sp³-hybridized carbons (Fsp3) is 0.429. The third-order valence-corrected chi connectivity index (χ3v) is 3.44. The summed E-state index contributed by atoms with van der Waals surface area (Å²) in [6.07, 6.45) is 0.580. The Labute approximate surface area is 122 Å². The van der Waals surface area contributed by atoms with Crippen LogP contribution in [0.2, 0.25) is 0 Å². The van der Waals surface area contributed by atoms with Crippen molar-refractivity contribution >= 4 is 17.6 Å². The van der Waals surface area contributed by atoms with Crippen LogP contribution in [0.3, 0.4) is 0 Å². The molecule has 7 heteroatoms. The number of ether oxygens (including phenoxy) is 2. The van der Waals surface area contributed by atoms with Crippen molar-refractivity contribution in [1.29, 1.82) is 0 Å². The summed E-state index contributed by atoms with van der Waals surface area (Å²) in [6, 6.07) is 3.94. The first-order valence-corrected chi connectivity index (χ1v) is 6.53. The zero-order valence-electron chi connectivity index (χ0n) is 11.9. The van der Waals surface area contributed by atoms with Crippen LogP contribution >= 0.6 is 0 Å². The van der Waals surface area contributed by atoms with Gasteiger partial charge < -0.3 is 25.2 Å². The van der Waals surface area contributed by atoms with Gasteiger partial charge in [0.05, 0.1) is 30.5 Å². The number of anilines is 1. The molecule has 2 rings (SSSR count). The molecule has 0 aromatic heterocycles. The lowest BCUT2D eigenvalue weighted by atomic mass is 10.1. The smallest absolute Gasteiger partial charge is 0.335 e. The zero-order valence-corrected chi connectivity index (χ0v) is 11.9. The Morgan fingerprint density at radius 1 is 1.38 bits per heavy atom. The summed E-state index contributed by atoms with van der Waals surface area (Å²) in [5, 5.41) is 14.8. The van der Waals surface area contributed by atoms with Crippen molar-refractivity contribution in [3.8, 4) is 5.75 Å². The number of hydrogen-bond acceptors (Lipinski definition) is 5. The standard InChI is InChI=1S/C14H18N2O5/c1-20-9-6-11(15-7-9)13(17)16-10-5-8(14(18)19)3-4-12(10)21-2/h3-5,9,11,15H,6-7H2,1-2H3,(H,16,17)(H,18,19). The normalized spacial score (nSPS) is 21.0. The third-order valence-electron chi connectivity index (χ3n) is 3.44. The lowest BCUT2D eigenvalue weighted by Crippen LogP contribution is -2.35. The molecule has 0 spiro atoms. The Morgan fingerprint density at radius 3 is 2.71 bits per heavy atom. The second-order valence-corrected chi connectivity index (χ2v) is 4.76. The maximum atomic E-state index is 12.2. The monoisotopic (exact) mass is 294 g/mol. The van der Waals surface area contributed by atoms with E-state index in [1.807, 2.05) is 0 Å². The minimum Gasteiger partial charge on any atom is -0.495 e. The molecule has 1 saturated heterocycles. The van der Waals surface area contributed by atoms with Crippen LogP contribution in [0.15, 0.2) is 18.2 Å². The van der Waals surface area contributed by atoms with Crippen molar-refractivity contribution in [2.24, 2.45) is 0 Å². The van der Waals surface area contributed by atoms with E-state index in [9.17, 15) is 9.59 Å². The van der Waals surface area contributed by atoms with E-state index in [1.165, 1.54) is 25.3 Å². The van der Waals surface area contributed by atoms with Crippen LogP contribution < -0.4 is 15.4 Å². The van der Waals surface area contributed by atoms with Crippen LogP contribution in [0.5, 0.6) is 5.75 Å². The highest BCUT2D eigenvalue weighted by Crippen LogP contribution is 2.26. The Kier molecular flexibility index (Phi) is 4.77. The highest BCUT2D eigenvalue weighted by atomic mass is 16.5. The largest absolute Gasteiger partial charge is 0.495 e. The Bertz CT molecular complexity index is 546. The zero-order chi connectivity index (χ0) is 15.4. The van der Waals surface area contributed by atoms with Crippen LogP contribution in [0.25, 0.3) is 0 Å². The minimum atomic E-state index is -1.06. The summed E-state index contributed by atoms with van der Waals surface area (Å²) < 4.78 is 10.3. The lowest BCUT2D eigenvalue weighted by molar-refractivity contribution is -0.118. The van der Waals surface area contributed by atoms with E-state index in [4.69, 9.17) is 14.6 Å². The molecule has 0 saturated carbocycles. The minimum absolute atomic E-state index is 0.00741. The number of methoxy groups -OCH3 is 2. The predicted molar refractivity (Wildman–Crippen MR) is 75.8 cm³/mol. The van der Waals surface area contributed by atoms with Crippen LogP contribution in [-0.4, -0.2) is 49.9 Å². The van der Waals surface area contributed by atoms with Crippen molar-refractivity contribution in [2.75, 3.05) is 26.1 Å². The molecular formula is C14H18N2O5. The SMILES string of the molecule is COc1ccc(C(=O)O)cc1NC(=O)C1CC(OC)CN1. The maximum absolute atomic E-state index is 12.2. The van der Waals surface area contributed by atoms with E-state index in [0.29, 0.717) is 24.4 Å². The number of benzene rings is 1. The molecule has 3 N–H and O–H groups in total. The van der Waals surface area contributed by atoms with Crippen molar-refractivity contribution in [3.63, 3.8) is 0 Å². The average Bonchev–Trinajstić information content (AvgIpc) is 2.96. The van der Waals surface area contributed by atoms with Crippen LogP contribution in [0, 0.1) is 0 Å². The molecule has 1 aliphatic rings. The molecule has 1 fully saturated rings. The molecule has 0 bridgehead atoms. The molecule has 7 nitrogen and oxygen atoms in total. The van der Waals surface area contributed by atoms with Crippen molar-refractivity contribution < 1.29 is 24.2 Å². The van der Waals surface area contributed by atoms with Gasteiger partial charge in [-0.15, -0.1) is 0 Å². The van der Waals surface area contributed by atoms with Gasteiger partial charge in [0.25, 0.3) is 0 Å². The molecule has 0 aliphatic carbocycles. The van der Waals surface area contributed by atoms with Gasteiger partial charge in [-0.25, -0.2) is 4.79 Å². The van der Waals surface area contributed by atoms with Gasteiger partial charge in [-0.2, -0.15) is 0 Å². The number of amides is 1. The van der Waals surface area contributed by atoms with E-state index >= 15 is 0 Å². The topological polar surface area (TPSA) is 96.9 Å². The molecule has 2 atom stereocenters. The van der Waals surface area contributed by atoms with Crippen LogP contribution in [0.1, 0.15) is 16.8 Å². The fourth-order valence-corrected chi connectivity index (χ4v) is 2.24. The summed E-state index contributed by atoms with van der Waals surface area (Å²) in [4.78, 5) is 23.2. The van der Waals surface area contributed by atoms with E-state index in [0.717, 1.165) is 0 Å². The predicted octanol–water partition coefficient (Wildman–Crippen LogP) is 0.709. The van der Waals surface area contributed by atoms with Gasteiger partial charge in [-0.05, 0) is 24.6 Å². The third kappa shape index (κ3) is 3.50. The Balaban J connectivity index is 2.12. The lowest BCUT2D eigenvalue weighted by Gasteiger charge is -2.14. The average molecular weight is 294 g/mol. The van der Waals surface area contributed by atoms with Gasteiger partial charge in [0.15, 0.2) is 0 Å². The Hall–Kier alpha value is -2.12. The first-order valence-electron chi connectivity index (χ1n) is 6.53. The van der Waals surface area contributed by atoms with Gasteiger partial charge in [-0.1, -0.05) is 0 Å². The van der Waals surface area contributed by atoms with Gasteiger partial charge in [0, 0.05) is 13.7 Å². The summed E-state index contributed by atoms with van der Waals surface area (Å²) in [5.74, 6) is -0.892. The molecule has 1 heterocycles. The van der Waals surface area contributed by atoms with Gasteiger partial charge >= 0.3 is 5.97 Å². The number of nitrogens with one attached hydrogen (secondary N) is 2. The molecule has 1 aliphatic heterocycles. The number of aromatic carboxylic acids is 1. The molecular weight excluding hydrogens is 276 g/mol. The molecule has 1 amide bonds. The summed E-state index contributed by atoms with van der Waals surface area (Å²) in [6.45, 7) is 0.612. The summed E-state index contributed by atoms with van der Waals surface area (Å²) >= 11 is 0. The molecule has 2 unspecified atom stereocenters. The highest BCUT2D eigenvalue weighted by molar-refractivity contribution is 5.98. The van der Waals surface area contributed by atoms with Crippen LogP contribution in [0.4, 0.5) is 5.69 Å². The Morgan fingerprint density at radius 2 is 2.14 bits per heavy atom. The van der Waals surface area contributed by atoms with Crippen molar-refractivity contribution in [1.82, 2.24) is 5.32 Å². The maximum Gasteiger partial charge on any atom is 0.335 e. The van der Waals surface area contributed by atoms with E-state index < -0.39 is 5.97 Å². The number of rotatable bonds is 5. The number of carbonyl (C=O) groups excluding carboxylic acids is 1. The number of carboxylic acid groups (broad SMARTS) is 1. The van der Waals surface area contributed by atoms with Crippen LogP contribution in [-0.2, 0) is 9.53 Å². The van der Waals surface area contributed by atoms with Gasteiger partial charge in [0.1, 0.15) is 5.75 Å². The summed E-state index contributed by atoms with van der Waals surface area (Å²) in [5.41, 5.74) is 0.422. The first kappa shape index (κ1) is 15.3. The molecule has 21 heavy (non-hydrogen) atoms.